The van der Waals surface area contributed by atoms with Crippen LogP contribution in [0.25, 0.3) is 0 Å². The molecular formula is C22H23N7O5. The van der Waals surface area contributed by atoms with Gasteiger partial charge in [-0.05, 0) is 43.2 Å². The lowest BCUT2D eigenvalue weighted by Crippen LogP contribution is -2.47. The minimum absolute atomic E-state index is 0.0268. The molecule has 1 unspecified atom stereocenters. The van der Waals surface area contributed by atoms with Crippen molar-refractivity contribution < 1.29 is 24.3 Å². The number of Topliss-reactive ketones (excluding diaryl/α,β-unsaturated/α-hetero) is 1. The number of carboxylic acids is 1. The molecule has 2 heterocycles. The first kappa shape index (κ1) is 24.2. The Labute approximate surface area is 194 Å². The molecule has 0 aliphatic carbocycles. The lowest BCUT2D eigenvalue weighted by Gasteiger charge is -2.21. The maximum absolute atomic E-state index is 12.4. The van der Waals surface area contributed by atoms with E-state index in [1.54, 1.807) is 19.1 Å². The Morgan fingerprint density at radius 3 is 2.62 bits per heavy atom. The van der Waals surface area contributed by atoms with Gasteiger partial charge in [0.2, 0.25) is 5.96 Å². The highest BCUT2D eigenvalue weighted by atomic mass is 16.4. The predicted molar refractivity (Wildman–Crippen MR) is 126 cm³/mol. The Hall–Kier alpha value is -4.48. The van der Waals surface area contributed by atoms with E-state index in [9.17, 15) is 24.3 Å². The average Bonchev–Trinajstić information content (AvgIpc) is 2.80. The van der Waals surface area contributed by atoms with Crippen molar-refractivity contribution >= 4 is 53.0 Å². The summed E-state index contributed by atoms with van der Waals surface area (Å²) in [5.74, 6) is -2.64. The molecular weight excluding hydrogens is 442 g/mol. The summed E-state index contributed by atoms with van der Waals surface area (Å²) in [4.78, 5) is 59.7. The zero-order valence-electron chi connectivity index (χ0n) is 18.3. The van der Waals surface area contributed by atoms with Crippen LogP contribution in [0.1, 0.15) is 30.1 Å². The molecule has 2 amide bonds. The number of nitrogens with zero attached hydrogens (tertiary/aromatic N) is 3. The van der Waals surface area contributed by atoms with Gasteiger partial charge in [0.05, 0.1) is 18.5 Å². The molecule has 0 spiro atoms. The molecule has 1 aromatic carbocycles. The molecule has 0 bridgehead atoms. The third-order valence-electron chi connectivity index (χ3n) is 4.96. The highest BCUT2D eigenvalue weighted by Crippen LogP contribution is 2.12. The van der Waals surface area contributed by atoms with E-state index in [0.29, 0.717) is 17.0 Å². The fraction of sp³-hybridized carbons (Fsp3) is 0.273. The molecule has 0 aromatic heterocycles. The van der Waals surface area contributed by atoms with E-state index in [1.807, 2.05) is 0 Å². The zero-order chi connectivity index (χ0) is 24.8. The lowest BCUT2D eigenvalue weighted by atomic mass is 10.0. The second kappa shape index (κ2) is 10.4. The second-order valence-corrected chi connectivity index (χ2v) is 7.63. The maximum Gasteiger partial charge on any atom is 0.326 e. The maximum atomic E-state index is 12.4. The average molecular weight is 465 g/mol. The number of rotatable bonds is 10. The zero-order valence-corrected chi connectivity index (χ0v) is 18.3. The fourth-order valence-corrected chi connectivity index (χ4v) is 3.07. The number of ketones is 1. The van der Waals surface area contributed by atoms with Crippen LogP contribution in [-0.4, -0.2) is 71.0 Å². The molecule has 5 N–H and O–H groups in total. The van der Waals surface area contributed by atoms with Crippen molar-refractivity contribution in [1.29, 1.82) is 5.41 Å². The van der Waals surface area contributed by atoms with Gasteiger partial charge in [0, 0.05) is 17.7 Å². The summed E-state index contributed by atoms with van der Waals surface area (Å²) in [5.41, 5.74) is 1.74. The molecule has 2 aliphatic heterocycles. The molecule has 0 saturated heterocycles. The van der Waals surface area contributed by atoms with Crippen molar-refractivity contribution in [3.05, 3.63) is 42.0 Å². The van der Waals surface area contributed by atoms with Crippen molar-refractivity contribution in [1.82, 2.24) is 10.6 Å². The number of guanidine groups is 1. The van der Waals surface area contributed by atoms with Gasteiger partial charge < -0.3 is 15.7 Å². The number of anilines is 1. The predicted octanol–water partition coefficient (Wildman–Crippen LogP) is 0.564. The van der Waals surface area contributed by atoms with E-state index in [4.69, 9.17) is 5.41 Å². The summed E-state index contributed by atoms with van der Waals surface area (Å²) in [6.07, 6.45) is 1.39. The number of hydrogen-bond acceptors (Lipinski definition) is 8. The van der Waals surface area contributed by atoms with Crippen LogP contribution >= 0.6 is 0 Å². The van der Waals surface area contributed by atoms with Crippen molar-refractivity contribution in [3.8, 4) is 0 Å². The van der Waals surface area contributed by atoms with Crippen LogP contribution in [0.15, 0.2) is 51.4 Å². The van der Waals surface area contributed by atoms with Gasteiger partial charge in [0.15, 0.2) is 17.7 Å². The number of carbonyl (C=O) groups excluding carboxylic acids is 3. The molecule has 0 saturated carbocycles. The number of aliphatic imine (C=N–C) groups is 3. The summed E-state index contributed by atoms with van der Waals surface area (Å²) >= 11 is 0. The smallest absolute Gasteiger partial charge is 0.326 e. The van der Waals surface area contributed by atoms with Crippen LogP contribution < -0.4 is 16.0 Å². The Kier molecular flexibility index (Phi) is 7.41. The highest BCUT2D eigenvalue weighted by Gasteiger charge is 2.31. The van der Waals surface area contributed by atoms with Crippen molar-refractivity contribution in [2.75, 3.05) is 11.9 Å². The Morgan fingerprint density at radius 2 is 1.97 bits per heavy atom. The molecule has 1 aromatic rings. The largest absolute Gasteiger partial charge is 0.480 e. The van der Waals surface area contributed by atoms with Crippen LogP contribution in [0, 0.1) is 5.41 Å². The standard InChI is InChI=1S/C22H23N7O5/c1-11(2)16(30)8-7-15(21(33)34)27-19(31)12-3-5-13(6-4-12)24-9-14-10-25-18-17(26-14)20(32)29-22(23)28-18/h3-6,10,15,17,24H,1,7-9H2,2H3,(H,27,31)(H,33,34)(H2,23,29,32)/t15-,17?/m1/s1. The summed E-state index contributed by atoms with van der Waals surface area (Å²) in [6, 6.07) is 4.23. The van der Waals surface area contributed by atoms with Gasteiger partial charge in [0.1, 0.15) is 6.04 Å². The molecule has 34 heavy (non-hydrogen) atoms. The third-order valence-corrected chi connectivity index (χ3v) is 4.96. The minimum Gasteiger partial charge on any atom is -0.480 e. The van der Waals surface area contributed by atoms with Crippen molar-refractivity contribution in [2.45, 2.75) is 31.8 Å². The number of carbonyl (C=O) groups is 4. The highest BCUT2D eigenvalue weighted by molar-refractivity contribution is 6.38. The van der Waals surface area contributed by atoms with E-state index >= 15 is 0 Å². The SMILES string of the molecule is C=C(C)C(=O)CC[C@@H](NC(=O)c1ccc(NCC2=NC3C(=O)NC(=N)N=C3N=C2)cc1)C(=O)O. The summed E-state index contributed by atoms with van der Waals surface area (Å²) < 4.78 is 0. The number of carboxylic acid groups (broad SMARTS) is 1. The van der Waals surface area contributed by atoms with Gasteiger partial charge in [-0.2, -0.15) is 4.99 Å². The Bertz CT molecular complexity index is 1150. The van der Waals surface area contributed by atoms with E-state index in [0.717, 1.165) is 0 Å². The van der Waals surface area contributed by atoms with Crippen LogP contribution in [0.3, 0.4) is 0 Å². The van der Waals surface area contributed by atoms with E-state index < -0.39 is 29.9 Å². The summed E-state index contributed by atoms with van der Waals surface area (Å²) in [7, 11) is 0. The number of allylic oxidation sites excluding steroid dienone is 1. The Balaban J connectivity index is 1.56. The topological polar surface area (TPSA) is 186 Å². The minimum atomic E-state index is -1.23. The number of amides is 2. The van der Waals surface area contributed by atoms with Crippen LogP contribution in [0.4, 0.5) is 5.69 Å². The first-order valence-electron chi connectivity index (χ1n) is 10.3. The van der Waals surface area contributed by atoms with Gasteiger partial charge in [-0.3, -0.25) is 30.1 Å². The normalized spacial score (nSPS) is 17.5. The molecule has 3 rings (SSSR count). The van der Waals surface area contributed by atoms with Crippen molar-refractivity contribution in [3.63, 3.8) is 0 Å². The van der Waals surface area contributed by atoms with Crippen LogP contribution in [0.2, 0.25) is 0 Å². The molecule has 2 atom stereocenters. The molecule has 2 aliphatic rings. The van der Waals surface area contributed by atoms with Crippen LogP contribution in [-0.2, 0) is 14.4 Å². The first-order valence-corrected chi connectivity index (χ1v) is 10.3. The monoisotopic (exact) mass is 465 g/mol. The fourth-order valence-electron chi connectivity index (χ4n) is 3.07. The summed E-state index contributed by atoms with van der Waals surface area (Å²) in [5, 5.41) is 24.6. The third kappa shape index (κ3) is 6.06. The van der Waals surface area contributed by atoms with E-state index in [-0.39, 0.29) is 42.5 Å². The van der Waals surface area contributed by atoms with Crippen molar-refractivity contribution in [2.24, 2.45) is 15.0 Å². The molecule has 0 fully saturated rings. The number of benzene rings is 1. The van der Waals surface area contributed by atoms with Gasteiger partial charge >= 0.3 is 5.97 Å². The number of hydrogen-bond donors (Lipinski definition) is 5. The first-order chi connectivity index (χ1) is 16.1. The lowest BCUT2D eigenvalue weighted by molar-refractivity contribution is -0.139. The van der Waals surface area contributed by atoms with Crippen LogP contribution in [0.5, 0.6) is 0 Å². The number of amidine groups is 1. The number of nitrogens with one attached hydrogen (secondary N) is 4. The second-order valence-electron chi connectivity index (χ2n) is 7.63. The van der Waals surface area contributed by atoms with Gasteiger partial charge in [0.25, 0.3) is 11.8 Å². The molecule has 12 nitrogen and oxygen atoms in total. The number of aliphatic carboxylic acids is 1. The number of fused-ring (bicyclic) bond motifs is 1. The molecule has 12 heteroatoms. The summed E-state index contributed by atoms with van der Waals surface area (Å²) in [6.45, 7) is 5.33. The van der Waals surface area contributed by atoms with Gasteiger partial charge in [-0.15, -0.1) is 0 Å². The Morgan fingerprint density at radius 1 is 1.26 bits per heavy atom. The van der Waals surface area contributed by atoms with E-state index in [2.05, 4.69) is 37.5 Å². The van der Waals surface area contributed by atoms with Gasteiger partial charge in [-0.1, -0.05) is 6.58 Å². The van der Waals surface area contributed by atoms with E-state index in [1.165, 1.54) is 18.3 Å². The molecule has 0 radical (unpaired) electrons. The van der Waals surface area contributed by atoms with Gasteiger partial charge in [-0.25, -0.2) is 9.79 Å². The quantitative estimate of drug-likeness (QED) is 0.314. The molecule has 176 valence electrons.